The van der Waals surface area contributed by atoms with E-state index in [-0.39, 0.29) is 5.92 Å². The molecule has 0 aliphatic heterocycles. The highest BCUT2D eigenvalue weighted by Crippen LogP contribution is 2.49. The summed E-state index contributed by atoms with van der Waals surface area (Å²) in [5.41, 5.74) is 18.3. The van der Waals surface area contributed by atoms with Crippen molar-refractivity contribution in [1.29, 1.82) is 0 Å². The fourth-order valence-corrected chi connectivity index (χ4v) is 8.51. The molecule has 4 aliphatic rings. The lowest BCUT2D eigenvalue weighted by molar-refractivity contribution is 0.834. The zero-order valence-corrected chi connectivity index (χ0v) is 29.3. The molecule has 3 aromatic heterocycles. The van der Waals surface area contributed by atoms with Crippen LogP contribution in [0, 0.1) is 5.92 Å². The van der Waals surface area contributed by atoms with E-state index in [9.17, 15) is 0 Å². The molecule has 1 unspecified atom stereocenters. The second-order valence-electron chi connectivity index (χ2n) is 14.2. The Hall–Kier alpha value is -7.04. The summed E-state index contributed by atoms with van der Waals surface area (Å²) in [6.45, 7) is 0. The molecular formula is C50H32N4. The van der Waals surface area contributed by atoms with Crippen LogP contribution in [0.4, 0.5) is 0 Å². The number of allylic oxidation sites excluding steroid dienone is 14. The molecule has 0 saturated carbocycles. The molecule has 0 radical (unpaired) electrons. The van der Waals surface area contributed by atoms with Gasteiger partial charge in [0.1, 0.15) is 0 Å². The Kier molecular flexibility index (Phi) is 6.96. The largest absolute Gasteiger partial charge is 0.256 e. The summed E-state index contributed by atoms with van der Waals surface area (Å²) in [6.07, 6.45) is 23.0. The summed E-state index contributed by atoms with van der Waals surface area (Å²) >= 11 is 0. The Labute approximate surface area is 313 Å². The normalized spacial score (nSPS) is 16.9. The third kappa shape index (κ3) is 4.99. The molecule has 0 amide bonds. The van der Waals surface area contributed by atoms with Crippen LogP contribution in [-0.4, -0.2) is 19.9 Å². The third-order valence-electron chi connectivity index (χ3n) is 11.1. The minimum absolute atomic E-state index is 0.209. The number of para-hydroxylation sites is 2. The lowest BCUT2D eigenvalue weighted by Gasteiger charge is -2.36. The number of rotatable bonds is 5. The van der Waals surface area contributed by atoms with Crippen LogP contribution >= 0.6 is 0 Å². The number of aromatic nitrogens is 4. The van der Waals surface area contributed by atoms with Crippen LogP contribution in [0.3, 0.4) is 0 Å². The van der Waals surface area contributed by atoms with Gasteiger partial charge in [-0.3, -0.25) is 9.97 Å². The van der Waals surface area contributed by atoms with Gasteiger partial charge in [0.15, 0.2) is 5.82 Å². The maximum atomic E-state index is 5.33. The smallest absolute Gasteiger partial charge is 0.160 e. The molecule has 0 spiro atoms. The lowest BCUT2D eigenvalue weighted by Crippen LogP contribution is -2.22. The van der Waals surface area contributed by atoms with Gasteiger partial charge in [-0.25, -0.2) is 9.97 Å². The molecule has 0 N–H and O–H groups in total. The molecule has 54 heavy (non-hydrogen) atoms. The Morgan fingerprint density at radius 2 is 1.15 bits per heavy atom. The average Bonchev–Trinajstić information content (AvgIpc) is 3.25. The van der Waals surface area contributed by atoms with Crippen molar-refractivity contribution >= 4 is 27.4 Å². The van der Waals surface area contributed by atoms with Crippen LogP contribution in [0.1, 0.15) is 12.1 Å². The number of nitrogens with zero attached hydrogens (tertiary/aromatic N) is 4. The standard InChI is InChI=1S/C50H32N4/c1-3-10-44-40(8-1)38(26-28-51-44)31-12-16-33(17-13-31)46-30-47(42-24-22-36-19-18-34-6-5-7-35-23-25-43(42)49(36)48(34)35)54-50(53-46)37-20-14-32(15-21-37)39-27-29-52-45-11-4-2-9-41(39)45/h1-5,7-30,49H,6H2. The van der Waals surface area contributed by atoms with Crippen LogP contribution < -0.4 is 0 Å². The van der Waals surface area contributed by atoms with E-state index < -0.39 is 0 Å². The van der Waals surface area contributed by atoms with Gasteiger partial charge >= 0.3 is 0 Å². The Balaban J connectivity index is 1.04. The first-order valence-corrected chi connectivity index (χ1v) is 18.5. The highest BCUT2D eigenvalue weighted by atomic mass is 14.9. The molecule has 1 atom stereocenters. The lowest BCUT2D eigenvalue weighted by atomic mass is 9.67. The van der Waals surface area contributed by atoms with Crippen molar-refractivity contribution in [2.75, 3.05) is 0 Å². The van der Waals surface area contributed by atoms with E-state index in [0.29, 0.717) is 5.82 Å². The summed E-state index contributed by atoms with van der Waals surface area (Å²) < 4.78 is 0. The van der Waals surface area contributed by atoms with E-state index in [1.165, 1.54) is 27.9 Å². The van der Waals surface area contributed by atoms with Gasteiger partial charge in [-0.15, -0.1) is 0 Å². The average molecular weight is 689 g/mol. The van der Waals surface area contributed by atoms with Crippen LogP contribution in [-0.2, 0) is 0 Å². The van der Waals surface area contributed by atoms with Gasteiger partial charge in [-0.2, -0.15) is 0 Å². The first-order valence-electron chi connectivity index (χ1n) is 18.5. The number of fused-ring (bicyclic) bond motifs is 2. The van der Waals surface area contributed by atoms with E-state index >= 15 is 0 Å². The van der Waals surface area contributed by atoms with Gasteiger partial charge in [0.2, 0.25) is 0 Å². The first kappa shape index (κ1) is 30.6. The summed E-state index contributed by atoms with van der Waals surface area (Å²) in [7, 11) is 0. The minimum atomic E-state index is 0.209. The number of hydrogen-bond acceptors (Lipinski definition) is 4. The fourth-order valence-electron chi connectivity index (χ4n) is 8.51. The third-order valence-corrected chi connectivity index (χ3v) is 11.1. The van der Waals surface area contributed by atoms with Crippen molar-refractivity contribution in [3.05, 3.63) is 210 Å². The predicted octanol–water partition coefficient (Wildman–Crippen LogP) is 11.9. The second-order valence-corrected chi connectivity index (χ2v) is 14.2. The van der Waals surface area contributed by atoms with Gasteiger partial charge in [0.25, 0.3) is 0 Å². The van der Waals surface area contributed by atoms with Crippen molar-refractivity contribution in [3.63, 3.8) is 0 Å². The topological polar surface area (TPSA) is 51.6 Å². The van der Waals surface area contributed by atoms with Crippen LogP contribution in [0.2, 0.25) is 0 Å². The maximum absolute atomic E-state index is 5.33. The molecule has 0 bridgehead atoms. The Morgan fingerprint density at radius 3 is 1.85 bits per heavy atom. The molecule has 4 aromatic carbocycles. The summed E-state index contributed by atoms with van der Waals surface area (Å²) in [5, 5.41) is 2.27. The quantitative estimate of drug-likeness (QED) is 0.181. The fraction of sp³-hybridized carbons (Fsp3) is 0.0400. The Bertz CT molecular complexity index is 2780. The van der Waals surface area contributed by atoms with Crippen LogP contribution in [0.5, 0.6) is 0 Å². The maximum Gasteiger partial charge on any atom is 0.160 e. The highest BCUT2D eigenvalue weighted by Gasteiger charge is 2.34. The molecule has 4 nitrogen and oxygen atoms in total. The van der Waals surface area contributed by atoms with Crippen molar-refractivity contribution in [2.45, 2.75) is 6.42 Å². The second kappa shape index (κ2) is 12.3. The van der Waals surface area contributed by atoms with Gasteiger partial charge in [0.05, 0.1) is 22.4 Å². The van der Waals surface area contributed by atoms with Gasteiger partial charge < -0.3 is 0 Å². The van der Waals surface area contributed by atoms with E-state index in [2.05, 4.69) is 162 Å². The van der Waals surface area contributed by atoms with Crippen LogP contribution in [0.25, 0.3) is 72.3 Å². The SMILES string of the molecule is C1=CC2=C3C(=CC=C4C=CC(c5cc(-c6ccc(-c7ccnc8ccccc78)cc6)nc(-c6ccc(-c7ccnc8ccccc78)cc6)n5)=C(C=C2)C43)C1. The van der Waals surface area contributed by atoms with E-state index in [0.717, 1.165) is 78.6 Å². The molecular weight excluding hydrogens is 657 g/mol. The van der Waals surface area contributed by atoms with Crippen molar-refractivity contribution in [2.24, 2.45) is 5.92 Å². The van der Waals surface area contributed by atoms with Gasteiger partial charge in [0, 0.05) is 45.8 Å². The first-order chi connectivity index (χ1) is 26.7. The molecule has 4 aliphatic carbocycles. The molecule has 7 aromatic rings. The number of benzene rings is 4. The summed E-state index contributed by atoms with van der Waals surface area (Å²) in [4.78, 5) is 19.7. The van der Waals surface area contributed by atoms with E-state index in [1.54, 1.807) is 0 Å². The van der Waals surface area contributed by atoms with Crippen molar-refractivity contribution in [1.82, 2.24) is 19.9 Å². The zero-order chi connectivity index (χ0) is 35.6. The number of pyridine rings is 2. The zero-order valence-electron chi connectivity index (χ0n) is 29.3. The molecule has 0 fully saturated rings. The molecule has 3 heterocycles. The monoisotopic (exact) mass is 688 g/mol. The molecule has 0 saturated heterocycles. The molecule has 11 rings (SSSR count). The molecule has 4 heteroatoms. The summed E-state index contributed by atoms with van der Waals surface area (Å²) in [6, 6.07) is 40.3. The van der Waals surface area contributed by atoms with Crippen molar-refractivity contribution in [3.8, 4) is 44.9 Å². The predicted molar refractivity (Wildman–Crippen MR) is 220 cm³/mol. The Morgan fingerprint density at radius 1 is 0.519 bits per heavy atom. The van der Waals surface area contributed by atoms with Gasteiger partial charge in [-0.05, 0) is 86.9 Å². The van der Waals surface area contributed by atoms with Gasteiger partial charge in [-0.1, -0.05) is 134 Å². The van der Waals surface area contributed by atoms with Crippen LogP contribution in [0.15, 0.2) is 204 Å². The number of hydrogen-bond donors (Lipinski definition) is 0. The highest BCUT2D eigenvalue weighted by molar-refractivity contribution is 5.96. The molecule has 252 valence electrons. The summed E-state index contributed by atoms with van der Waals surface area (Å²) in [5.74, 6) is 0.908. The minimum Gasteiger partial charge on any atom is -0.256 e. The van der Waals surface area contributed by atoms with Crippen molar-refractivity contribution < 1.29 is 0 Å². The van der Waals surface area contributed by atoms with E-state index in [1.807, 2.05) is 24.5 Å². The van der Waals surface area contributed by atoms with E-state index in [4.69, 9.17) is 9.97 Å².